The summed E-state index contributed by atoms with van der Waals surface area (Å²) in [5.41, 5.74) is 0. The van der Waals surface area contributed by atoms with Crippen molar-refractivity contribution >= 4 is 0 Å². The van der Waals surface area contributed by atoms with Crippen LogP contribution in [0.4, 0.5) is 0 Å². The molecule has 39 valence electrons. The first-order chi connectivity index (χ1) is 2.89. The van der Waals surface area contributed by atoms with E-state index in [2.05, 4.69) is 9.52 Å². The molecule has 0 spiro atoms. The van der Waals surface area contributed by atoms with Gasteiger partial charge in [0.05, 0.1) is 6.39 Å². The summed E-state index contributed by atoms with van der Waals surface area (Å²) < 4.78 is 3.99. The van der Waals surface area contributed by atoms with Gasteiger partial charge in [0.1, 0.15) is 0 Å². The molecule has 0 amide bonds. The van der Waals surface area contributed by atoms with Gasteiger partial charge in [0.2, 0.25) is 0 Å². The van der Waals surface area contributed by atoms with Crippen LogP contribution < -0.4 is 5.76 Å². The summed E-state index contributed by atoms with van der Waals surface area (Å²) in [6.07, 6.45) is 1.94. The zero-order valence-electron chi connectivity index (χ0n) is 3.12. The zero-order chi connectivity index (χ0) is 4.41. The molecule has 0 aliphatic heterocycles. The summed E-state index contributed by atoms with van der Waals surface area (Å²) in [6.45, 7) is 0. The molecule has 0 atom stereocenters. The second-order valence-corrected chi connectivity index (χ2v) is 0.704. The van der Waals surface area contributed by atoms with Crippen LogP contribution >= 0.6 is 0 Å². The van der Waals surface area contributed by atoms with Crippen LogP contribution in [0.25, 0.3) is 0 Å². The second kappa shape index (κ2) is 2.70. The van der Waals surface area contributed by atoms with Gasteiger partial charge in [0.25, 0.3) is 5.76 Å². The smallest absolute Gasteiger partial charge is 0.582 e. The molecule has 1 rings (SSSR count). The van der Waals surface area contributed by atoms with Gasteiger partial charge in [-0.2, -0.15) is 0 Å². The van der Waals surface area contributed by atoms with Crippen molar-refractivity contribution in [3.8, 4) is 0 Å². The minimum Gasteiger partial charge on any atom is -0.582 e. The standard InChI is InChI=1S/C2HN2O2.Os/c5-2-4-3-1-6-2;/h(H,4,5);/q-1;+1. The Morgan fingerprint density at radius 2 is 2.57 bits per heavy atom. The van der Waals surface area contributed by atoms with Gasteiger partial charge in [-0.25, -0.2) is 0 Å². The third kappa shape index (κ3) is 1.65. The maximum absolute atomic E-state index is 9.75. The first kappa shape index (κ1) is 6.58. The molecule has 0 aliphatic rings. The summed E-state index contributed by atoms with van der Waals surface area (Å²) >= 11 is 0. The van der Waals surface area contributed by atoms with Gasteiger partial charge in [-0.3, -0.25) is 5.10 Å². The topological polar surface area (TPSA) is 58.9 Å². The summed E-state index contributed by atoms with van der Waals surface area (Å²) in [6, 6.07) is 0. The average molecular weight is 275 g/mol. The van der Waals surface area contributed by atoms with Crippen LogP contribution in [0.5, 0.6) is 0 Å². The van der Waals surface area contributed by atoms with Crippen molar-refractivity contribution in [3.63, 3.8) is 0 Å². The van der Waals surface area contributed by atoms with Crippen molar-refractivity contribution in [1.29, 1.82) is 0 Å². The molecule has 1 heterocycles. The Morgan fingerprint density at radius 1 is 1.86 bits per heavy atom. The summed E-state index contributed by atoms with van der Waals surface area (Å²) in [5.74, 6) is -0.574. The van der Waals surface area contributed by atoms with E-state index < -0.39 is 5.76 Å². The first-order valence-corrected chi connectivity index (χ1v) is 1.31. The molecule has 0 aliphatic carbocycles. The van der Waals surface area contributed by atoms with E-state index in [0.29, 0.717) is 0 Å². The number of aromatic nitrogens is 2. The summed E-state index contributed by atoms with van der Waals surface area (Å²) in [4.78, 5) is 9.75. The largest absolute Gasteiger partial charge is 1.00 e. The van der Waals surface area contributed by atoms with E-state index >= 15 is 0 Å². The maximum atomic E-state index is 9.75. The number of rotatable bonds is 0. The van der Waals surface area contributed by atoms with E-state index in [1.807, 2.05) is 11.5 Å². The molecular weight excluding hydrogens is 274 g/mol. The van der Waals surface area contributed by atoms with Crippen LogP contribution in [-0.4, -0.2) is 10.2 Å². The monoisotopic (exact) mass is 277 g/mol. The van der Waals surface area contributed by atoms with E-state index in [1.54, 1.807) is 0 Å². The quantitative estimate of drug-likeness (QED) is 0.628. The predicted octanol–water partition coefficient (Wildman–Crippen LogP) is -0.839. The van der Waals surface area contributed by atoms with Crippen molar-refractivity contribution < 1.29 is 24.2 Å². The molecule has 5 heteroatoms. The molecule has 1 aromatic rings. The van der Waals surface area contributed by atoms with Crippen LogP contribution in [0.3, 0.4) is 0 Å². The van der Waals surface area contributed by atoms with Crippen LogP contribution in [0.1, 0.15) is 0 Å². The van der Waals surface area contributed by atoms with Gasteiger partial charge in [-0.05, 0) is 0 Å². The normalized spacial score (nSPS) is 7.43. The van der Waals surface area contributed by atoms with E-state index in [4.69, 9.17) is 0 Å². The van der Waals surface area contributed by atoms with Crippen molar-refractivity contribution in [3.05, 3.63) is 16.9 Å². The van der Waals surface area contributed by atoms with Crippen molar-refractivity contribution in [2.45, 2.75) is 0 Å². The third-order valence-electron chi connectivity index (χ3n) is 0.331. The SMILES string of the molecule is O=c1[nH]n[c-]o1.[Os+]. The maximum Gasteiger partial charge on any atom is 1.00 e. The Hall–Kier alpha value is -0.424. The third-order valence-corrected chi connectivity index (χ3v) is 0.331. The molecule has 0 aromatic carbocycles. The zero-order valence-corrected chi connectivity index (χ0v) is 5.66. The Morgan fingerprint density at radius 3 is 2.71 bits per heavy atom. The number of aromatic amines is 1. The van der Waals surface area contributed by atoms with Gasteiger partial charge >= 0.3 is 19.8 Å². The van der Waals surface area contributed by atoms with E-state index in [-0.39, 0.29) is 19.8 Å². The Balaban J connectivity index is 0.000000360. The van der Waals surface area contributed by atoms with Crippen molar-refractivity contribution in [1.82, 2.24) is 10.2 Å². The molecule has 0 saturated carbocycles. The van der Waals surface area contributed by atoms with Crippen LogP contribution in [0, 0.1) is 6.39 Å². The first-order valence-electron chi connectivity index (χ1n) is 1.31. The Labute approximate surface area is 52.0 Å². The van der Waals surface area contributed by atoms with Crippen molar-refractivity contribution in [2.75, 3.05) is 0 Å². The van der Waals surface area contributed by atoms with Crippen molar-refractivity contribution in [2.24, 2.45) is 0 Å². The van der Waals surface area contributed by atoms with Crippen LogP contribution in [0.15, 0.2) is 9.21 Å². The second-order valence-electron chi connectivity index (χ2n) is 0.704. The minimum absolute atomic E-state index is 0. The number of nitrogens with one attached hydrogen (secondary N) is 1. The Kier molecular flexibility index (Phi) is 2.54. The van der Waals surface area contributed by atoms with E-state index in [1.165, 1.54) is 0 Å². The van der Waals surface area contributed by atoms with Gasteiger partial charge in [0.15, 0.2) is 0 Å². The van der Waals surface area contributed by atoms with E-state index in [9.17, 15) is 4.79 Å². The molecule has 1 aromatic heterocycles. The van der Waals surface area contributed by atoms with Crippen LogP contribution in [0.2, 0.25) is 0 Å². The van der Waals surface area contributed by atoms with Gasteiger partial charge in [0, 0.05) is 0 Å². The number of hydrogen-bond acceptors (Lipinski definition) is 3. The molecule has 0 bridgehead atoms. The molecule has 0 saturated heterocycles. The fraction of sp³-hybridized carbons (Fsp3) is 0. The van der Waals surface area contributed by atoms with Gasteiger partial charge in [-0.15, -0.1) is 0 Å². The summed E-state index contributed by atoms with van der Waals surface area (Å²) in [7, 11) is 0. The average Bonchev–Trinajstić information content (AvgIpc) is 1.86. The fourth-order valence-corrected chi connectivity index (χ4v) is 0.156. The van der Waals surface area contributed by atoms with E-state index in [0.717, 1.165) is 0 Å². The molecule has 0 unspecified atom stereocenters. The fourth-order valence-electron chi connectivity index (χ4n) is 0.156. The number of hydrogen-bond donors (Lipinski definition) is 1. The number of nitrogens with zero attached hydrogens (tertiary/aromatic N) is 1. The van der Waals surface area contributed by atoms with Gasteiger partial charge < -0.3 is 14.3 Å². The van der Waals surface area contributed by atoms with Crippen LogP contribution in [-0.2, 0) is 19.8 Å². The molecule has 4 nitrogen and oxygen atoms in total. The molecule has 1 radical (unpaired) electrons. The summed E-state index contributed by atoms with van der Waals surface area (Å²) in [5, 5.41) is 5.06. The molecule has 0 fully saturated rings. The molecular formula is C2HN2O2Os. The molecule has 1 N–H and O–H groups in total. The number of H-pyrrole nitrogens is 1. The molecule has 7 heavy (non-hydrogen) atoms. The minimum atomic E-state index is -0.574. The Bertz CT molecular complexity index is 151. The van der Waals surface area contributed by atoms with Gasteiger partial charge in [-0.1, -0.05) is 0 Å². The predicted molar refractivity (Wildman–Crippen MR) is 16.0 cm³/mol.